The van der Waals surface area contributed by atoms with E-state index in [1.807, 2.05) is 0 Å². The first-order valence-electron chi connectivity index (χ1n) is 12.2. The highest BCUT2D eigenvalue weighted by Gasteiger charge is 2.30. The molecule has 8 nitrogen and oxygen atoms in total. The molecule has 1 atom stereocenters. The zero-order chi connectivity index (χ0) is 29.7. The standard InChI is InChI=1S/C30H23F3N2O6/c1-41-29(40)21-9-7-19(8-10-21)22-16-24(34-26(36)20-11-13-23(14-12-20)30(31,32)33)27(37)35(17-22)25(28(38)39)15-18-5-3-2-4-6-18/h2-14,16-17,25H,15H2,1H3,(H,34,36)(H,38,39)/t25-/m0/s1. The van der Waals surface area contributed by atoms with Crippen molar-refractivity contribution in [2.24, 2.45) is 0 Å². The Bertz CT molecular complexity index is 1630. The number of carboxylic acids is 1. The number of pyridine rings is 1. The number of benzene rings is 3. The molecule has 1 amide bonds. The Morgan fingerprint density at radius 3 is 2.07 bits per heavy atom. The normalized spacial score (nSPS) is 11.9. The van der Waals surface area contributed by atoms with Gasteiger partial charge in [0.05, 0.1) is 18.2 Å². The lowest BCUT2D eigenvalue weighted by atomic mass is 10.0. The predicted molar refractivity (Wildman–Crippen MR) is 144 cm³/mol. The van der Waals surface area contributed by atoms with E-state index in [4.69, 9.17) is 4.74 Å². The van der Waals surface area contributed by atoms with Crippen LogP contribution in [0.25, 0.3) is 11.1 Å². The number of nitrogens with one attached hydrogen (secondary N) is 1. The number of rotatable bonds is 8. The van der Waals surface area contributed by atoms with Gasteiger partial charge in [0.15, 0.2) is 0 Å². The van der Waals surface area contributed by atoms with Crippen LogP contribution < -0.4 is 10.9 Å². The van der Waals surface area contributed by atoms with Crippen LogP contribution in [0.5, 0.6) is 0 Å². The smallest absolute Gasteiger partial charge is 0.416 e. The number of carbonyl (C=O) groups excluding carboxylic acids is 2. The number of esters is 1. The van der Waals surface area contributed by atoms with E-state index in [0.717, 1.165) is 28.8 Å². The summed E-state index contributed by atoms with van der Waals surface area (Å²) in [5.74, 6) is -2.73. The zero-order valence-electron chi connectivity index (χ0n) is 21.5. The van der Waals surface area contributed by atoms with Crippen LogP contribution in [-0.4, -0.2) is 34.6 Å². The topological polar surface area (TPSA) is 115 Å². The number of carboxylic acid groups (broad SMARTS) is 1. The molecule has 41 heavy (non-hydrogen) atoms. The van der Waals surface area contributed by atoms with Crippen molar-refractivity contribution in [2.45, 2.75) is 18.6 Å². The minimum atomic E-state index is -4.59. The van der Waals surface area contributed by atoms with Crippen molar-refractivity contribution in [2.75, 3.05) is 12.4 Å². The second-order valence-electron chi connectivity index (χ2n) is 9.00. The molecule has 2 N–H and O–H groups in total. The van der Waals surface area contributed by atoms with Crippen molar-refractivity contribution in [3.8, 4) is 11.1 Å². The van der Waals surface area contributed by atoms with Gasteiger partial charge in [-0.25, -0.2) is 9.59 Å². The molecule has 0 aliphatic carbocycles. The first-order chi connectivity index (χ1) is 19.5. The highest BCUT2D eigenvalue weighted by Crippen LogP contribution is 2.29. The lowest BCUT2D eigenvalue weighted by molar-refractivity contribution is -0.141. The third-order valence-electron chi connectivity index (χ3n) is 6.30. The van der Waals surface area contributed by atoms with Crippen molar-refractivity contribution < 1.29 is 37.4 Å². The molecule has 0 spiro atoms. The summed E-state index contributed by atoms with van der Waals surface area (Å²) in [6, 6.07) is 18.1. The molecule has 0 aliphatic heterocycles. The Kier molecular flexibility index (Phi) is 8.37. The summed E-state index contributed by atoms with van der Waals surface area (Å²) >= 11 is 0. The molecule has 210 valence electrons. The Labute approximate surface area is 231 Å². The molecule has 0 aliphatic rings. The van der Waals surface area contributed by atoms with E-state index in [0.29, 0.717) is 16.7 Å². The van der Waals surface area contributed by atoms with Crippen molar-refractivity contribution in [1.82, 2.24) is 4.57 Å². The van der Waals surface area contributed by atoms with Gasteiger partial charge >= 0.3 is 18.1 Å². The molecule has 0 unspecified atom stereocenters. The lowest BCUT2D eigenvalue weighted by Gasteiger charge is -2.19. The van der Waals surface area contributed by atoms with E-state index in [1.54, 1.807) is 42.5 Å². The number of carbonyl (C=O) groups is 3. The number of methoxy groups -OCH3 is 1. The predicted octanol–water partition coefficient (Wildman–Crippen LogP) is 5.44. The highest BCUT2D eigenvalue weighted by atomic mass is 19.4. The van der Waals surface area contributed by atoms with Crippen molar-refractivity contribution in [1.29, 1.82) is 0 Å². The van der Waals surface area contributed by atoms with Gasteiger partial charge in [-0.1, -0.05) is 42.5 Å². The number of hydrogen-bond donors (Lipinski definition) is 2. The Hall–Kier alpha value is -5.19. The van der Waals surface area contributed by atoms with Crippen LogP contribution in [0.15, 0.2) is 95.9 Å². The number of nitrogens with zero attached hydrogens (tertiary/aromatic N) is 1. The van der Waals surface area contributed by atoms with E-state index in [2.05, 4.69) is 5.32 Å². The molecule has 11 heteroatoms. The number of alkyl halides is 3. The molecular formula is C30H23F3N2O6. The van der Waals surface area contributed by atoms with Gasteiger partial charge in [-0.05, 0) is 53.6 Å². The van der Waals surface area contributed by atoms with Gasteiger partial charge in [0.25, 0.3) is 11.5 Å². The van der Waals surface area contributed by atoms with E-state index >= 15 is 0 Å². The molecule has 0 fully saturated rings. The molecule has 0 saturated carbocycles. The third kappa shape index (κ3) is 6.70. The van der Waals surface area contributed by atoms with E-state index in [-0.39, 0.29) is 23.2 Å². The fourth-order valence-corrected chi connectivity index (χ4v) is 4.14. The van der Waals surface area contributed by atoms with E-state index in [1.165, 1.54) is 31.5 Å². The summed E-state index contributed by atoms with van der Waals surface area (Å²) in [4.78, 5) is 50.6. The van der Waals surface area contributed by atoms with Gasteiger partial charge in [0.2, 0.25) is 0 Å². The van der Waals surface area contributed by atoms with Crippen molar-refractivity contribution >= 4 is 23.5 Å². The molecular weight excluding hydrogens is 541 g/mol. The summed E-state index contributed by atoms with van der Waals surface area (Å²) in [5, 5.41) is 12.5. The lowest BCUT2D eigenvalue weighted by Crippen LogP contribution is -2.33. The molecule has 1 heterocycles. The van der Waals surface area contributed by atoms with Gasteiger partial charge in [-0.2, -0.15) is 13.2 Å². The van der Waals surface area contributed by atoms with Gasteiger partial charge < -0.3 is 15.2 Å². The summed E-state index contributed by atoms with van der Waals surface area (Å²) in [6.07, 6.45) is -3.30. The van der Waals surface area contributed by atoms with Crippen LogP contribution in [0, 0.1) is 0 Å². The molecule has 0 saturated heterocycles. The quantitative estimate of drug-likeness (QED) is 0.276. The van der Waals surface area contributed by atoms with Crippen LogP contribution in [0.2, 0.25) is 0 Å². The fraction of sp³-hybridized carbons (Fsp3) is 0.133. The fourth-order valence-electron chi connectivity index (χ4n) is 4.14. The number of aromatic nitrogens is 1. The van der Waals surface area contributed by atoms with Crippen molar-refractivity contribution in [3.05, 3.63) is 124 Å². The number of anilines is 1. The number of amides is 1. The summed E-state index contributed by atoms with van der Waals surface area (Å²) in [7, 11) is 1.23. The molecule has 0 radical (unpaired) electrons. The van der Waals surface area contributed by atoms with Crippen LogP contribution in [0.4, 0.5) is 18.9 Å². The number of hydrogen-bond acceptors (Lipinski definition) is 5. The second kappa shape index (κ2) is 11.9. The van der Waals surface area contributed by atoms with Gasteiger partial charge in [-0.3, -0.25) is 14.2 Å². The van der Waals surface area contributed by atoms with E-state index < -0.39 is 41.2 Å². The first kappa shape index (κ1) is 28.8. The van der Waals surface area contributed by atoms with Crippen molar-refractivity contribution in [3.63, 3.8) is 0 Å². The highest BCUT2D eigenvalue weighted by molar-refractivity contribution is 6.04. The maximum atomic E-state index is 13.5. The minimum Gasteiger partial charge on any atom is -0.480 e. The van der Waals surface area contributed by atoms with Crippen LogP contribution in [-0.2, 0) is 22.1 Å². The van der Waals surface area contributed by atoms with Crippen LogP contribution in [0.3, 0.4) is 0 Å². The number of aliphatic carboxylic acids is 1. The van der Waals surface area contributed by atoms with E-state index in [9.17, 15) is 37.5 Å². The molecule has 0 bridgehead atoms. The van der Waals surface area contributed by atoms with Crippen LogP contribution in [0.1, 0.15) is 37.9 Å². The Balaban J connectivity index is 1.78. The average molecular weight is 565 g/mol. The third-order valence-corrected chi connectivity index (χ3v) is 6.30. The Morgan fingerprint density at radius 1 is 0.902 bits per heavy atom. The average Bonchev–Trinajstić information content (AvgIpc) is 2.96. The summed E-state index contributed by atoms with van der Waals surface area (Å²) in [6.45, 7) is 0. The second-order valence-corrected chi connectivity index (χ2v) is 9.00. The Morgan fingerprint density at radius 2 is 1.51 bits per heavy atom. The minimum absolute atomic E-state index is 0.0485. The SMILES string of the molecule is COC(=O)c1ccc(-c2cc(NC(=O)c3ccc(C(F)(F)F)cc3)c(=O)n([C@@H](Cc3ccccc3)C(=O)O)c2)cc1. The first-order valence-corrected chi connectivity index (χ1v) is 12.2. The summed E-state index contributed by atoms with van der Waals surface area (Å²) in [5.41, 5.74) is -0.478. The number of ether oxygens (including phenoxy) is 1. The largest absolute Gasteiger partial charge is 0.480 e. The maximum Gasteiger partial charge on any atom is 0.416 e. The molecule has 3 aromatic carbocycles. The zero-order valence-corrected chi connectivity index (χ0v) is 21.5. The van der Waals surface area contributed by atoms with Gasteiger partial charge in [-0.15, -0.1) is 0 Å². The van der Waals surface area contributed by atoms with Gasteiger partial charge in [0, 0.05) is 23.7 Å². The monoisotopic (exact) mass is 564 g/mol. The molecule has 1 aromatic heterocycles. The van der Waals surface area contributed by atoms with Gasteiger partial charge in [0.1, 0.15) is 11.7 Å². The summed E-state index contributed by atoms with van der Waals surface area (Å²) < 4.78 is 44.5. The maximum absolute atomic E-state index is 13.5. The number of halogens is 3. The van der Waals surface area contributed by atoms with Crippen LogP contribution >= 0.6 is 0 Å². The molecule has 4 aromatic rings. The molecule has 4 rings (SSSR count).